The van der Waals surface area contributed by atoms with Crippen LogP contribution in [-0.2, 0) is 4.79 Å². The third kappa shape index (κ3) is 3.19. The highest BCUT2D eigenvalue weighted by atomic mass is 16.2. The van der Waals surface area contributed by atoms with Crippen LogP contribution in [-0.4, -0.2) is 55.0 Å². The van der Waals surface area contributed by atoms with Crippen molar-refractivity contribution in [2.45, 2.75) is 38.8 Å². The summed E-state index contributed by atoms with van der Waals surface area (Å²) in [6.07, 6.45) is 2.15. The highest BCUT2D eigenvalue weighted by molar-refractivity contribution is 5.79. The summed E-state index contributed by atoms with van der Waals surface area (Å²) in [5.41, 5.74) is 5.77. The number of carbonyl (C=O) groups is 1. The van der Waals surface area contributed by atoms with Gasteiger partial charge in [-0.2, -0.15) is 0 Å². The summed E-state index contributed by atoms with van der Waals surface area (Å²) in [6, 6.07) is 0.325. The van der Waals surface area contributed by atoms with E-state index in [1.54, 1.807) is 0 Å². The first-order valence-electron chi connectivity index (χ1n) is 6.14. The molecule has 4 heteroatoms. The molecule has 2 atom stereocenters. The summed E-state index contributed by atoms with van der Waals surface area (Å²) in [7, 11) is 4.04. The largest absolute Gasteiger partial charge is 0.342 e. The Morgan fingerprint density at radius 1 is 1.38 bits per heavy atom. The lowest BCUT2D eigenvalue weighted by Crippen LogP contribution is -2.48. The van der Waals surface area contributed by atoms with Crippen LogP contribution in [0.5, 0.6) is 0 Å². The zero-order valence-corrected chi connectivity index (χ0v) is 10.9. The van der Waals surface area contributed by atoms with E-state index in [4.69, 9.17) is 5.73 Å². The molecule has 0 radical (unpaired) electrons. The molecule has 1 amide bonds. The minimum Gasteiger partial charge on any atom is -0.342 e. The quantitative estimate of drug-likeness (QED) is 0.765. The molecule has 1 saturated heterocycles. The second-order valence-corrected chi connectivity index (χ2v) is 5.13. The van der Waals surface area contributed by atoms with Crippen molar-refractivity contribution >= 4 is 5.91 Å². The molecule has 1 aliphatic heterocycles. The molecule has 0 aromatic rings. The zero-order chi connectivity index (χ0) is 12.3. The molecule has 1 rings (SSSR count). The van der Waals surface area contributed by atoms with Crippen molar-refractivity contribution < 1.29 is 4.79 Å². The molecular weight excluding hydrogens is 202 g/mol. The van der Waals surface area contributed by atoms with Gasteiger partial charge in [-0.15, -0.1) is 0 Å². The fourth-order valence-electron chi connectivity index (χ4n) is 2.11. The van der Waals surface area contributed by atoms with E-state index in [9.17, 15) is 4.79 Å². The maximum absolute atomic E-state index is 12.1. The summed E-state index contributed by atoms with van der Waals surface area (Å²) >= 11 is 0. The molecule has 0 aromatic carbocycles. The SMILES string of the molecule is CC(N)C(C)C(=O)N(C)C1CCN(C)CC1. The third-order valence-corrected chi connectivity index (χ3v) is 3.76. The molecule has 0 aliphatic carbocycles. The van der Waals surface area contributed by atoms with Crippen molar-refractivity contribution in [2.24, 2.45) is 11.7 Å². The fraction of sp³-hybridized carbons (Fsp3) is 0.917. The van der Waals surface area contributed by atoms with Gasteiger partial charge in [0.1, 0.15) is 0 Å². The molecule has 0 bridgehead atoms. The third-order valence-electron chi connectivity index (χ3n) is 3.76. The molecular formula is C12H25N3O. The van der Waals surface area contributed by atoms with Crippen LogP contribution in [0.4, 0.5) is 0 Å². The molecule has 0 aromatic heterocycles. The van der Waals surface area contributed by atoms with Gasteiger partial charge in [0.15, 0.2) is 0 Å². The van der Waals surface area contributed by atoms with Crippen LogP contribution in [0.2, 0.25) is 0 Å². The molecule has 2 N–H and O–H groups in total. The van der Waals surface area contributed by atoms with E-state index in [0.29, 0.717) is 6.04 Å². The molecule has 0 saturated carbocycles. The van der Waals surface area contributed by atoms with Gasteiger partial charge in [0.05, 0.1) is 5.92 Å². The van der Waals surface area contributed by atoms with Gasteiger partial charge in [-0.25, -0.2) is 0 Å². The Hall–Kier alpha value is -0.610. The molecule has 2 unspecified atom stereocenters. The molecule has 1 fully saturated rings. The Morgan fingerprint density at radius 3 is 2.31 bits per heavy atom. The van der Waals surface area contributed by atoms with Crippen molar-refractivity contribution in [3.8, 4) is 0 Å². The molecule has 0 spiro atoms. The number of rotatable bonds is 3. The lowest BCUT2D eigenvalue weighted by atomic mass is 9.99. The van der Waals surface area contributed by atoms with Gasteiger partial charge in [-0.3, -0.25) is 4.79 Å². The summed E-state index contributed by atoms with van der Waals surface area (Å²) in [4.78, 5) is 16.3. The maximum atomic E-state index is 12.1. The number of carbonyl (C=O) groups excluding carboxylic acids is 1. The first-order valence-corrected chi connectivity index (χ1v) is 6.14. The average Bonchev–Trinajstić information content (AvgIpc) is 2.27. The lowest BCUT2D eigenvalue weighted by molar-refractivity contribution is -0.137. The normalized spacial score (nSPS) is 22.8. The summed E-state index contributed by atoms with van der Waals surface area (Å²) < 4.78 is 0. The van der Waals surface area contributed by atoms with Crippen molar-refractivity contribution in [1.29, 1.82) is 0 Å². The van der Waals surface area contributed by atoms with Crippen LogP contribution in [0.1, 0.15) is 26.7 Å². The molecule has 1 heterocycles. The van der Waals surface area contributed by atoms with Gasteiger partial charge in [-0.05, 0) is 39.9 Å². The molecule has 1 aliphatic rings. The van der Waals surface area contributed by atoms with E-state index >= 15 is 0 Å². The monoisotopic (exact) mass is 227 g/mol. The van der Waals surface area contributed by atoms with Crippen LogP contribution < -0.4 is 5.73 Å². The first kappa shape index (κ1) is 13.5. The number of amides is 1. The van der Waals surface area contributed by atoms with Crippen molar-refractivity contribution in [3.63, 3.8) is 0 Å². The number of hydrogen-bond acceptors (Lipinski definition) is 3. The van der Waals surface area contributed by atoms with E-state index in [1.807, 2.05) is 25.8 Å². The number of piperidine rings is 1. The van der Waals surface area contributed by atoms with Crippen molar-refractivity contribution in [1.82, 2.24) is 9.80 Å². The Bertz CT molecular complexity index is 234. The highest BCUT2D eigenvalue weighted by Gasteiger charge is 2.28. The van der Waals surface area contributed by atoms with Crippen molar-refractivity contribution in [2.75, 3.05) is 27.2 Å². The fourth-order valence-corrected chi connectivity index (χ4v) is 2.11. The van der Waals surface area contributed by atoms with Crippen LogP contribution in [0.3, 0.4) is 0 Å². The van der Waals surface area contributed by atoms with Gasteiger partial charge >= 0.3 is 0 Å². The van der Waals surface area contributed by atoms with Gasteiger partial charge in [0, 0.05) is 19.1 Å². The van der Waals surface area contributed by atoms with Crippen LogP contribution in [0.15, 0.2) is 0 Å². The van der Waals surface area contributed by atoms with E-state index in [0.717, 1.165) is 25.9 Å². The summed E-state index contributed by atoms with van der Waals surface area (Å²) in [6.45, 7) is 5.97. The Labute approximate surface area is 98.8 Å². The Balaban J connectivity index is 2.50. The zero-order valence-electron chi connectivity index (χ0n) is 10.9. The van der Waals surface area contributed by atoms with Gasteiger partial charge < -0.3 is 15.5 Å². The second-order valence-electron chi connectivity index (χ2n) is 5.13. The van der Waals surface area contributed by atoms with E-state index in [1.165, 1.54) is 0 Å². The number of nitrogens with zero attached hydrogens (tertiary/aromatic N) is 2. The number of hydrogen-bond donors (Lipinski definition) is 1. The lowest BCUT2D eigenvalue weighted by Gasteiger charge is -2.36. The Morgan fingerprint density at radius 2 is 1.88 bits per heavy atom. The number of likely N-dealkylation sites (tertiary alicyclic amines) is 1. The van der Waals surface area contributed by atoms with Gasteiger partial charge in [0.2, 0.25) is 5.91 Å². The minimum atomic E-state index is -0.0790. The van der Waals surface area contributed by atoms with Crippen LogP contribution >= 0.6 is 0 Å². The highest BCUT2D eigenvalue weighted by Crippen LogP contribution is 2.17. The topological polar surface area (TPSA) is 49.6 Å². The summed E-state index contributed by atoms with van der Waals surface area (Å²) in [5.74, 6) is 0.106. The van der Waals surface area contributed by atoms with E-state index < -0.39 is 0 Å². The second kappa shape index (κ2) is 5.64. The van der Waals surface area contributed by atoms with E-state index in [2.05, 4.69) is 11.9 Å². The maximum Gasteiger partial charge on any atom is 0.226 e. The summed E-state index contributed by atoms with van der Waals surface area (Å²) in [5, 5.41) is 0. The van der Waals surface area contributed by atoms with Gasteiger partial charge in [0.25, 0.3) is 0 Å². The average molecular weight is 227 g/mol. The minimum absolute atomic E-state index is 0.0683. The molecule has 94 valence electrons. The number of nitrogens with two attached hydrogens (primary N) is 1. The Kier molecular flexibility index (Phi) is 4.74. The van der Waals surface area contributed by atoms with Crippen molar-refractivity contribution in [3.05, 3.63) is 0 Å². The first-order chi connectivity index (χ1) is 7.43. The predicted molar refractivity (Wildman–Crippen MR) is 66.1 cm³/mol. The molecule has 4 nitrogen and oxygen atoms in total. The predicted octanol–water partition coefficient (Wildman–Crippen LogP) is 0.522. The standard InChI is InChI=1S/C12H25N3O/c1-9(10(2)13)12(16)15(4)11-5-7-14(3)8-6-11/h9-11H,5-8,13H2,1-4H3. The van der Waals surface area contributed by atoms with Crippen LogP contribution in [0, 0.1) is 5.92 Å². The van der Waals surface area contributed by atoms with E-state index in [-0.39, 0.29) is 17.9 Å². The van der Waals surface area contributed by atoms with Crippen LogP contribution in [0.25, 0.3) is 0 Å². The van der Waals surface area contributed by atoms with Gasteiger partial charge in [-0.1, -0.05) is 6.92 Å². The molecule has 16 heavy (non-hydrogen) atoms. The smallest absolute Gasteiger partial charge is 0.226 e.